The first-order valence-corrected chi connectivity index (χ1v) is 7.06. The van der Waals surface area contributed by atoms with Crippen molar-refractivity contribution in [1.82, 2.24) is 5.01 Å². The number of hydrogen-bond donors (Lipinski definition) is 1. The van der Waals surface area contributed by atoms with E-state index in [9.17, 15) is 8.42 Å². The lowest BCUT2D eigenvalue weighted by molar-refractivity contribution is 0.423. The Bertz CT molecular complexity index is 680. The maximum atomic E-state index is 11.7. The van der Waals surface area contributed by atoms with Crippen molar-refractivity contribution in [1.29, 1.82) is 0 Å². The number of amidine groups is 1. The average molecular weight is 277 g/mol. The first-order valence-electron chi connectivity index (χ1n) is 5.51. The van der Waals surface area contributed by atoms with Gasteiger partial charge in [0.15, 0.2) is 6.17 Å². The van der Waals surface area contributed by atoms with Crippen molar-refractivity contribution in [3.63, 3.8) is 0 Å². The Labute approximate surface area is 110 Å². The molecule has 0 bridgehead atoms. The van der Waals surface area contributed by atoms with Crippen molar-refractivity contribution in [2.45, 2.75) is 6.17 Å². The second-order valence-electron chi connectivity index (χ2n) is 4.03. The summed E-state index contributed by atoms with van der Waals surface area (Å²) in [7, 11) is -3.92. The predicted octanol–water partition coefficient (Wildman–Crippen LogP) is 0.250. The van der Waals surface area contributed by atoms with E-state index < -0.39 is 10.0 Å². The molecule has 8 heteroatoms. The Kier molecular flexibility index (Phi) is 2.61. The molecule has 0 radical (unpaired) electrons. The molecular formula is C11H11N5O2S. The highest BCUT2D eigenvalue weighted by molar-refractivity contribution is 8.04. The van der Waals surface area contributed by atoms with E-state index >= 15 is 0 Å². The van der Waals surface area contributed by atoms with Gasteiger partial charge in [0.25, 0.3) is 15.2 Å². The monoisotopic (exact) mass is 277 g/mol. The Morgan fingerprint density at radius 2 is 1.95 bits per heavy atom. The average Bonchev–Trinajstić information content (AvgIpc) is 2.79. The zero-order valence-corrected chi connectivity index (χ0v) is 10.6. The summed E-state index contributed by atoms with van der Waals surface area (Å²) in [5, 5.41) is 10.5. The zero-order chi connectivity index (χ0) is 13.5. The van der Waals surface area contributed by atoms with Crippen LogP contribution in [0.3, 0.4) is 0 Å². The van der Waals surface area contributed by atoms with Crippen molar-refractivity contribution >= 4 is 27.2 Å². The lowest BCUT2D eigenvalue weighted by atomic mass is 10.2. The molecule has 0 aliphatic carbocycles. The van der Waals surface area contributed by atoms with Crippen molar-refractivity contribution < 1.29 is 8.42 Å². The van der Waals surface area contributed by atoms with Gasteiger partial charge in [-0.25, -0.2) is 23.6 Å². The molecule has 3 rings (SSSR count). The molecule has 2 N–H and O–H groups in total. The molecular weight excluding hydrogens is 266 g/mol. The number of hydrogen-bond acceptors (Lipinski definition) is 6. The highest BCUT2D eigenvalue weighted by Crippen LogP contribution is 2.27. The molecule has 2 heterocycles. The van der Waals surface area contributed by atoms with Crippen LogP contribution in [0, 0.1) is 0 Å². The van der Waals surface area contributed by atoms with Crippen LogP contribution in [0.15, 0.2) is 52.7 Å². The van der Waals surface area contributed by atoms with Gasteiger partial charge in [-0.2, -0.15) is 0 Å². The van der Waals surface area contributed by atoms with E-state index in [-0.39, 0.29) is 11.3 Å². The maximum Gasteiger partial charge on any atom is 0.273 e. The number of nitrogens with two attached hydrogens (primary N) is 1. The van der Waals surface area contributed by atoms with Gasteiger partial charge in [0, 0.05) is 11.9 Å². The Balaban J connectivity index is 2.12. The molecule has 1 aromatic carbocycles. The maximum absolute atomic E-state index is 11.7. The quantitative estimate of drug-likeness (QED) is 0.796. The van der Waals surface area contributed by atoms with Gasteiger partial charge in [0.1, 0.15) is 6.34 Å². The van der Waals surface area contributed by atoms with E-state index in [0.29, 0.717) is 5.69 Å². The highest BCUT2D eigenvalue weighted by Gasteiger charge is 2.39. The van der Waals surface area contributed by atoms with E-state index in [1.807, 2.05) is 18.2 Å². The lowest BCUT2D eigenvalue weighted by Crippen LogP contribution is -2.45. The van der Waals surface area contributed by atoms with Crippen LogP contribution in [0.2, 0.25) is 0 Å². The lowest BCUT2D eigenvalue weighted by Gasteiger charge is -2.28. The SMILES string of the molecule is NS(=O)(=O)C1=NN2C=NC=CC2N1c1ccccc1. The van der Waals surface area contributed by atoms with Gasteiger partial charge in [-0.15, -0.1) is 5.10 Å². The molecule has 19 heavy (non-hydrogen) atoms. The van der Waals surface area contributed by atoms with Gasteiger partial charge < -0.3 is 0 Å². The van der Waals surface area contributed by atoms with Crippen molar-refractivity contribution in [3.05, 3.63) is 42.6 Å². The van der Waals surface area contributed by atoms with Crippen LogP contribution in [0.25, 0.3) is 0 Å². The highest BCUT2D eigenvalue weighted by atomic mass is 32.2. The van der Waals surface area contributed by atoms with Gasteiger partial charge in [-0.1, -0.05) is 18.2 Å². The molecule has 0 spiro atoms. The Hall–Kier alpha value is -2.19. The molecule has 0 saturated heterocycles. The van der Waals surface area contributed by atoms with Gasteiger partial charge in [0.05, 0.1) is 0 Å². The molecule has 0 fully saturated rings. The molecule has 0 aromatic heterocycles. The van der Waals surface area contributed by atoms with Gasteiger partial charge in [-0.3, -0.25) is 4.90 Å². The molecule has 0 saturated carbocycles. The molecule has 98 valence electrons. The second-order valence-corrected chi connectivity index (χ2v) is 5.49. The van der Waals surface area contributed by atoms with E-state index in [2.05, 4.69) is 10.1 Å². The van der Waals surface area contributed by atoms with Gasteiger partial charge >= 0.3 is 0 Å². The van der Waals surface area contributed by atoms with Gasteiger partial charge in [0.2, 0.25) is 0 Å². The third kappa shape index (κ3) is 2.00. The fraction of sp³-hybridized carbons (Fsp3) is 0.0909. The van der Waals surface area contributed by atoms with Crippen molar-refractivity contribution in [3.8, 4) is 0 Å². The number of rotatable bonds is 1. The van der Waals surface area contributed by atoms with Crippen molar-refractivity contribution in [2.24, 2.45) is 15.2 Å². The van der Waals surface area contributed by atoms with Crippen molar-refractivity contribution in [2.75, 3.05) is 4.90 Å². The third-order valence-corrected chi connectivity index (χ3v) is 3.55. The topological polar surface area (TPSA) is 91.4 Å². The van der Waals surface area contributed by atoms with Crippen LogP contribution < -0.4 is 10.0 Å². The fourth-order valence-corrected chi connectivity index (χ4v) is 2.68. The van der Waals surface area contributed by atoms with Crippen LogP contribution in [-0.4, -0.2) is 31.1 Å². The number of anilines is 1. The third-order valence-electron chi connectivity index (χ3n) is 2.76. The second kappa shape index (κ2) is 4.18. The largest absolute Gasteiger partial charge is 0.288 e. The van der Waals surface area contributed by atoms with Crippen LogP contribution in [0.5, 0.6) is 0 Å². The molecule has 2 aliphatic heterocycles. The smallest absolute Gasteiger partial charge is 0.273 e. The molecule has 7 nitrogen and oxygen atoms in total. The number of fused-ring (bicyclic) bond motifs is 1. The van der Waals surface area contributed by atoms with E-state index in [4.69, 9.17) is 5.14 Å². The summed E-state index contributed by atoms with van der Waals surface area (Å²) in [4.78, 5) is 5.47. The number of nitrogens with zero attached hydrogens (tertiary/aromatic N) is 4. The summed E-state index contributed by atoms with van der Waals surface area (Å²) < 4.78 is 23.3. The van der Waals surface area contributed by atoms with Crippen LogP contribution >= 0.6 is 0 Å². The Morgan fingerprint density at radius 3 is 2.63 bits per heavy atom. The predicted molar refractivity (Wildman–Crippen MR) is 72.7 cm³/mol. The number of benzene rings is 1. The van der Waals surface area contributed by atoms with Crippen LogP contribution in [0.4, 0.5) is 5.69 Å². The summed E-state index contributed by atoms with van der Waals surface area (Å²) in [6.45, 7) is 0. The first kappa shape index (κ1) is 11.9. The summed E-state index contributed by atoms with van der Waals surface area (Å²) in [5.41, 5.74) is 0.697. The van der Waals surface area contributed by atoms with Gasteiger partial charge in [-0.05, 0) is 18.2 Å². The fourth-order valence-electron chi connectivity index (χ4n) is 1.99. The molecule has 2 aliphatic rings. The minimum atomic E-state index is -3.92. The van der Waals surface area contributed by atoms with E-state index in [1.165, 1.54) is 11.3 Å². The number of aliphatic imine (C=N–C) groups is 1. The normalized spacial score (nSPS) is 21.5. The van der Waals surface area contributed by atoms with E-state index in [1.54, 1.807) is 29.3 Å². The summed E-state index contributed by atoms with van der Waals surface area (Å²) in [6, 6.07) is 9.08. The number of primary sulfonamides is 1. The van der Waals surface area contributed by atoms with E-state index in [0.717, 1.165) is 0 Å². The summed E-state index contributed by atoms with van der Waals surface area (Å²) >= 11 is 0. The molecule has 1 aromatic rings. The standard InChI is InChI=1S/C11H11N5O2S/c12-19(17,18)11-14-15-8-13-7-6-10(15)16(11)9-4-2-1-3-5-9/h1-8,10H,(H2,12,17,18). The number of sulfonamides is 1. The molecule has 1 atom stereocenters. The summed E-state index contributed by atoms with van der Waals surface area (Å²) in [6.07, 6.45) is 4.43. The Morgan fingerprint density at radius 1 is 1.21 bits per heavy atom. The number of para-hydroxylation sites is 1. The summed E-state index contributed by atoms with van der Waals surface area (Å²) in [5.74, 6) is 0. The zero-order valence-electron chi connectivity index (χ0n) is 9.79. The first-order chi connectivity index (χ1) is 9.07. The minimum absolute atomic E-state index is 0.193. The molecule has 1 unspecified atom stereocenters. The van der Waals surface area contributed by atoms with Crippen LogP contribution in [-0.2, 0) is 10.0 Å². The molecule has 0 amide bonds. The van der Waals surface area contributed by atoms with Crippen LogP contribution in [0.1, 0.15) is 0 Å². The number of hydrazone groups is 1. The minimum Gasteiger partial charge on any atom is -0.288 e.